The number of amides is 2. The molecule has 0 unspecified atom stereocenters. The van der Waals surface area contributed by atoms with Gasteiger partial charge in [-0.2, -0.15) is 0 Å². The van der Waals surface area contributed by atoms with Gasteiger partial charge in [-0.25, -0.2) is 0 Å². The molecule has 2 aromatic carbocycles. The quantitative estimate of drug-likeness (QED) is 0.703. The maximum absolute atomic E-state index is 12.8. The third kappa shape index (κ3) is 4.51. The van der Waals surface area contributed by atoms with Gasteiger partial charge in [0.1, 0.15) is 5.58 Å². The number of nitrogens with zero attached hydrogens (tertiary/aromatic N) is 2. The summed E-state index contributed by atoms with van der Waals surface area (Å²) < 4.78 is 5.67. The van der Waals surface area contributed by atoms with E-state index < -0.39 is 0 Å². The monoisotopic (exact) mass is 419 g/mol. The van der Waals surface area contributed by atoms with Crippen molar-refractivity contribution < 1.29 is 14.0 Å². The third-order valence-corrected chi connectivity index (χ3v) is 5.75. The number of carbonyl (C=O) groups is 2. The summed E-state index contributed by atoms with van der Waals surface area (Å²) in [5.74, 6) is -0.332. The predicted molar refractivity (Wildman–Crippen MR) is 119 cm³/mol. The van der Waals surface area contributed by atoms with Crippen molar-refractivity contribution in [2.45, 2.75) is 13.8 Å². The van der Waals surface area contributed by atoms with Crippen LogP contribution in [0.2, 0.25) is 0 Å². The van der Waals surface area contributed by atoms with Gasteiger partial charge in [0, 0.05) is 37.9 Å². The lowest BCUT2D eigenvalue weighted by Crippen LogP contribution is -2.50. The highest BCUT2D eigenvalue weighted by Gasteiger charge is 2.25. The van der Waals surface area contributed by atoms with E-state index in [9.17, 15) is 14.4 Å². The molecular weight excluding hydrogens is 394 g/mol. The van der Waals surface area contributed by atoms with Gasteiger partial charge in [-0.05, 0) is 43.2 Å². The Balaban J connectivity index is 1.35. The number of piperazine rings is 1. The molecule has 1 N–H and O–H groups in total. The van der Waals surface area contributed by atoms with Gasteiger partial charge in [0.05, 0.1) is 11.9 Å². The number of fused-ring (bicyclic) bond motifs is 1. The molecule has 0 bridgehead atoms. The minimum Gasteiger partial charge on any atom is -0.451 e. The number of rotatable bonds is 4. The second-order valence-corrected chi connectivity index (χ2v) is 7.84. The lowest BCUT2D eigenvalue weighted by Gasteiger charge is -2.34. The molecule has 0 saturated carbocycles. The Hall–Kier alpha value is -3.45. The second kappa shape index (κ2) is 8.73. The fraction of sp³-hybridized carbons (Fsp3) is 0.292. The molecule has 1 aliphatic rings. The van der Waals surface area contributed by atoms with E-state index in [1.165, 1.54) is 6.07 Å². The van der Waals surface area contributed by atoms with Gasteiger partial charge in [-0.3, -0.25) is 19.3 Å². The fourth-order valence-corrected chi connectivity index (χ4v) is 3.75. The summed E-state index contributed by atoms with van der Waals surface area (Å²) >= 11 is 0. The highest BCUT2D eigenvalue weighted by atomic mass is 16.3. The third-order valence-electron chi connectivity index (χ3n) is 5.75. The summed E-state index contributed by atoms with van der Waals surface area (Å²) in [6, 6.07) is 14.0. The standard InChI is InChI=1S/C24H25N3O4/c1-16-6-5-8-19(17(16)2)25-23(29)15-26-10-12-27(13-11-26)24(30)22-14-20(28)18-7-3-4-9-21(18)31-22/h3-9,14H,10-13,15H2,1-2H3,(H,25,29). The van der Waals surface area contributed by atoms with E-state index in [-0.39, 0.29) is 29.5 Å². The molecule has 160 valence electrons. The number of hydrogen-bond donors (Lipinski definition) is 1. The van der Waals surface area contributed by atoms with E-state index in [0.717, 1.165) is 16.8 Å². The number of carbonyl (C=O) groups excluding carboxylic acids is 2. The van der Waals surface area contributed by atoms with E-state index in [2.05, 4.69) is 5.32 Å². The molecule has 2 heterocycles. The molecule has 3 aromatic rings. The molecule has 2 amide bonds. The maximum atomic E-state index is 12.8. The zero-order valence-electron chi connectivity index (χ0n) is 17.7. The van der Waals surface area contributed by atoms with Crippen LogP contribution in [0.4, 0.5) is 5.69 Å². The molecule has 0 atom stereocenters. The summed E-state index contributed by atoms with van der Waals surface area (Å²) in [4.78, 5) is 41.2. The highest BCUT2D eigenvalue weighted by molar-refractivity contribution is 5.94. The molecular formula is C24H25N3O4. The molecule has 0 spiro atoms. The van der Waals surface area contributed by atoms with Gasteiger partial charge in [-0.15, -0.1) is 0 Å². The number of benzene rings is 2. The average Bonchev–Trinajstić information content (AvgIpc) is 2.77. The molecule has 7 nitrogen and oxygen atoms in total. The van der Waals surface area contributed by atoms with Crippen molar-refractivity contribution >= 4 is 28.5 Å². The van der Waals surface area contributed by atoms with Crippen LogP contribution < -0.4 is 10.7 Å². The van der Waals surface area contributed by atoms with E-state index in [1.807, 2.05) is 36.9 Å². The van der Waals surface area contributed by atoms with Crippen molar-refractivity contribution in [2.24, 2.45) is 0 Å². The SMILES string of the molecule is Cc1cccc(NC(=O)CN2CCN(C(=O)c3cc(=O)c4ccccc4o3)CC2)c1C. The average molecular weight is 419 g/mol. The maximum Gasteiger partial charge on any atom is 0.289 e. The van der Waals surface area contributed by atoms with Crippen LogP contribution in [0.25, 0.3) is 11.0 Å². The zero-order valence-corrected chi connectivity index (χ0v) is 17.7. The first-order valence-corrected chi connectivity index (χ1v) is 10.3. The lowest BCUT2D eigenvalue weighted by molar-refractivity contribution is -0.117. The number of hydrogen-bond acceptors (Lipinski definition) is 5. The first-order chi connectivity index (χ1) is 14.9. The Bertz CT molecular complexity index is 1190. The molecule has 1 aromatic heterocycles. The summed E-state index contributed by atoms with van der Waals surface area (Å²) in [6.07, 6.45) is 0. The molecule has 4 rings (SSSR count). The molecule has 1 saturated heterocycles. The van der Waals surface area contributed by atoms with E-state index >= 15 is 0 Å². The summed E-state index contributed by atoms with van der Waals surface area (Å²) in [5, 5.41) is 3.43. The number of para-hydroxylation sites is 1. The van der Waals surface area contributed by atoms with Crippen LogP contribution in [0.5, 0.6) is 0 Å². The van der Waals surface area contributed by atoms with Crippen LogP contribution in [-0.4, -0.2) is 54.3 Å². The van der Waals surface area contributed by atoms with Gasteiger partial charge in [-0.1, -0.05) is 24.3 Å². The fourth-order valence-electron chi connectivity index (χ4n) is 3.75. The van der Waals surface area contributed by atoms with Crippen molar-refractivity contribution in [3.63, 3.8) is 0 Å². The van der Waals surface area contributed by atoms with Crippen LogP contribution in [0.1, 0.15) is 21.7 Å². The largest absolute Gasteiger partial charge is 0.451 e. The lowest BCUT2D eigenvalue weighted by atomic mass is 10.1. The van der Waals surface area contributed by atoms with Crippen molar-refractivity contribution in [2.75, 3.05) is 38.0 Å². The van der Waals surface area contributed by atoms with Crippen LogP contribution in [-0.2, 0) is 4.79 Å². The van der Waals surface area contributed by atoms with Crippen LogP contribution in [0.3, 0.4) is 0 Å². The second-order valence-electron chi connectivity index (χ2n) is 7.84. The van der Waals surface area contributed by atoms with Crippen LogP contribution >= 0.6 is 0 Å². The van der Waals surface area contributed by atoms with Crippen molar-refractivity contribution in [1.29, 1.82) is 0 Å². The van der Waals surface area contributed by atoms with Gasteiger partial charge in [0.25, 0.3) is 5.91 Å². The highest BCUT2D eigenvalue weighted by Crippen LogP contribution is 2.18. The van der Waals surface area contributed by atoms with Crippen molar-refractivity contribution in [3.8, 4) is 0 Å². The van der Waals surface area contributed by atoms with Crippen LogP contribution in [0, 0.1) is 13.8 Å². The van der Waals surface area contributed by atoms with Crippen LogP contribution in [0.15, 0.2) is 57.7 Å². The predicted octanol–water partition coefficient (Wildman–Crippen LogP) is 2.81. The topological polar surface area (TPSA) is 82.9 Å². The minimum absolute atomic E-state index is 0.0461. The Morgan fingerprint density at radius 1 is 1.00 bits per heavy atom. The number of anilines is 1. The Morgan fingerprint density at radius 2 is 1.74 bits per heavy atom. The van der Waals surface area contributed by atoms with Gasteiger partial charge >= 0.3 is 0 Å². The Kier molecular flexibility index (Phi) is 5.86. The minimum atomic E-state index is -0.303. The first-order valence-electron chi connectivity index (χ1n) is 10.3. The molecule has 1 fully saturated rings. The Morgan fingerprint density at radius 3 is 2.52 bits per heavy atom. The van der Waals surface area contributed by atoms with E-state index in [1.54, 1.807) is 29.2 Å². The number of aryl methyl sites for hydroxylation is 1. The molecule has 31 heavy (non-hydrogen) atoms. The van der Waals surface area contributed by atoms with Crippen molar-refractivity contribution in [1.82, 2.24) is 9.80 Å². The number of nitrogens with one attached hydrogen (secondary N) is 1. The molecule has 1 aliphatic heterocycles. The molecule has 7 heteroatoms. The van der Waals surface area contributed by atoms with E-state index in [4.69, 9.17) is 4.42 Å². The summed E-state index contributed by atoms with van der Waals surface area (Å²) in [6.45, 7) is 6.34. The molecule has 0 radical (unpaired) electrons. The molecule has 0 aliphatic carbocycles. The van der Waals surface area contributed by atoms with Gasteiger partial charge < -0.3 is 14.6 Å². The van der Waals surface area contributed by atoms with E-state index in [0.29, 0.717) is 37.1 Å². The van der Waals surface area contributed by atoms with Gasteiger partial charge in [0.2, 0.25) is 5.91 Å². The first kappa shape index (κ1) is 20.8. The normalized spacial score (nSPS) is 14.6. The van der Waals surface area contributed by atoms with Gasteiger partial charge in [0.15, 0.2) is 11.2 Å². The Labute approximate surface area is 180 Å². The zero-order chi connectivity index (χ0) is 22.0. The smallest absolute Gasteiger partial charge is 0.289 e. The summed E-state index contributed by atoms with van der Waals surface area (Å²) in [7, 11) is 0. The summed E-state index contributed by atoms with van der Waals surface area (Å²) in [5.41, 5.74) is 3.19. The van der Waals surface area contributed by atoms with Crippen molar-refractivity contribution in [3.05, 3.63) is 75.6 Å².